The maximum atomic E-state index is 13.2. The van der Waals surface area contributed by atoms with Crippen LogP contribution < -0.4 is 10.6 Å². The maximum Gasteiger partial charge on any atom is 0.315 e. The van der Waals surface area contributed by atoms with E-state index in [0.717, 1.165) is 6.07 Å². The van der Waals surface area contributed by atoms with E-state index in [4.69, 9.17) is 0 Å². The average Bonchev–Trinajstić information content (AvgIpc) is 2.57. The van der Waals surface area contributed by atoms with Crippen molar-refractivity contribution in [2.75, 3.05) is 6.54 Å². The van der Waals surface area contributed by atoms with Crippen molar-refractivity contribution in [3.63, 3.8) is 0 Å². The topological polar surface area (TPSA) is 41.1 Å². The average molecular weight is 198 g/mol. The number of benzene rings is 1. The molecule has 1 aliphatic heterocycles. The number of carbonyl (C=O) groups is 1. The van der Waals surface area contributed by atoms with E-state index in [2.05, 4.69) is 10.6 Å². The van der Waals surface area contributed by atoms with Crippen molar-refractivity contribution < 1.29 is 13.6 Å². The zero-order valence-electron chi connectivity index (χ0n) is 7.18. The Kier molecular flexibility index (Phi) is 2.07. The third-order valence-corrected chi connectivity index (χ3v) is 2.13. The van der Waals surface area contributed by atoms with Crippen LogP contribution in [0.3, 0.4) is 0 Å². The number of amides is 2. The predicted octanol–water partition coefficient (Wildman–Crippen LogP) is 1.32. The molecular weight excluding hydrogens is 190 g/mol. The van der Waals surface area contributed by atoms with Gasteiger partial charge in [-0.15, -0.1) is 0 Å². The Bertz CT molecular complexity index is 381. The van der Waals surface area contributed by atoms with Crippen LogP contribution in [0.1, 0.15) is 11.6 Å². The normalized spacial score (nSPS) is 20.4. The molecule has 1 atom stereocenters. The summed E-state index contributed by atoms with van der Waals surface area (Å²) in [6.07, 6.45) is 0. The highest BCUT2D eigenvalue weighted by Crippen LogP contribution is 2.20. The Hall–Kier alpha value is -1.65. The zero-order valence-corrected chi connectivity index (χ0v) is 7.18. The van der Waals surface area contributed by atoms with Crippen LogP contribution >= 0.6 is 0 Å². The summed E-state index contributed by atoms with van der Waals surface area (Å²) < 4.78 is 26.0. The van der Waals surface area contributed by atoms with Gasteiger partial charge < -0.3 is 10.6 Å². The molecular formula is C9H8F2N2O. The van der Waals surface area contributed by atoms with Crippen LogP contribution in [0.15, 0.2) is 18.2 Å². The van der Waals surface area contributed by atoms with Crippen LogP contribution in [-0.2, 0) is 0 Å². The molecule has 14 heavy (non-hydrogen) atoms. The molecule has 2 amide bonds. The van der Waals surface area contributed by atoms with Crippen molar-refractivity contribution in [3.05, 3.63) is 35.4 Å². The van der Waals surface area contributed by atoms with Gasteiger partial charge in [-0.05, 0) is 6.07 Å². The number of urea groups is 1. The number of rotatable bonds is 1. The van der Waals surface area contributed by atoms with E-state index in [0.29, 0.717) is 0 Å². The molecule has 0 radical (unpaired) electrons. The van der Waals surface area contributed by atoms with Crippen molar-refractivity contribution in [3.8, 4) is 0 Å². The standard InChI is InChI=1S/C9H8F2N2O/c10-6-3-1-2-5(8(6)11)7-4-12-9(14)13-7/h1-3,7H,4H2,(H2,12,13,14)/t7-/m0/s1. The van der Waals surface area contributed by atoms with Gasteiger partial charge >= 0.3 is 6.03 Å². The molecule has 5 heteroatoms. The summed E-state index contributed by atoms with van der Waals surface area (Å²) in [5, 5.41) is 4.96. The summed E-state index contributed by atoms with van der Waals surface area (Å²) in [5.41, 5.74) is 0.170. The third kappa shape index (κ3) is 1.41. The van der Waals surface area contributed by atoms with E-state index < -0.39 is 17.7 Å². The first-order valence-corrected chi connectivity index (χ1v) is 4.17. The third-order valence-electron chi connectivity index (χ3n) is 2.13. The van der Waals surface area contributed by atoms with Crippen LogP contribution in [0.25, 0.3) is 0 Å². The number of halogens is 2. The molecule has 1 aromatic carbocycles. The summed E-state index contributed by atoms with van der Waals surface area (Å²) in [7, 11) is 0. The van der Waals surface area contributed by atoms with E-state index in [1.165, 1.54) is 12.1 Å². The fourth-order valence-electron chi connectivity index (χ4n) is 1.43. The van der Waals surface area contributed by atoms with Crippen molar-refractivity contribution in [1.29, 1.82) is 0 Å². The summed E-state index contributed by atoms with van der Waals surface area (Å²) >= 11 is 0. The van der Waals surface area contributed by atoms with Gasteiger partial charge in [-0.3, -0.25) is 0 Å². The van der Waals surface area contributed by atoms with E-state index in [1.807, 2.05) is 0 Å². The second kappa shape index (κ2) is 3.25. The summed E-state index contributed by atoms with van der Waals surface area (Å²) in [6.45, 7) is 0.277. The first kappa shape index (κ1) is 8.93. The number of hydrogen-bond donors (Lipinski definition) is 2. The van der Waals surface area contributed by atoms with Gasteiger partial charge in [-0.2, -0.15) is 0 Å². The molecule has 1 aliphatic rings. The molecule has 2 rings (SSSR count). The molecule has 0 bridgehead atoms. The second-order valence-corrected chi connectivity index (χ2v) is 3.05. The second-order valence-electron chi connectivity index (χ2n) is 3.05. The molecule has 2 N–H and O–H groups in total. The fraction of sp³-hybridized carbons (Fsp3) is 0.222. The fourth-order valence-corrected chi connectivity index (χ4v) is 1.43. The van der Waals surface area contributed by atoms with Crippen molar-refractivity contribution in [2.24, 2.45) is 0 Å². The SMILES string of the molecule is O=C1NC[C@@H](c2cccc(F)c2F)N1. The largest absolute Gasteiger partial charge is 0.336 e. The van der Waals surface area contributed by atoms with Crippen LogP contribution in [0.4, 0.5) is 13.6 Å². The van der Waals surface area contributed by atoms with Gasteiger partial charge in [0.05, 0.1) is 6.04 Å². The Morgan fingerprint density at radius 2 is 2.14 bits per heavy atom. The molecule has 74 valence electrons. The highest BCUT2D eigenvalue weighted by atomic mass is 19.2. The van der Waals surface area contributed by atoms with Crippen molar-refractivity contribution in [2.45, 2.75) is 6.04 Å². The number of carbonyl (C=O) groups excluding carboxylic acids is 1. The first-order chi connectivity index (χ1) is 6.68. The van der Waals surface area contributed by atoms with E-state index in [-0.39, 0.29) is 18.1 Å². The summed E-state index contributed by atoms with van der Waals surface area (Å²) in [4.78, 5) is 10.8. The highest BCUT2D eigenvalue weighted by Gasteiger charge is 2.25. The van der Waals surface area contributed by atoms with Gasteiger partial charge in [0.1, 0.15) is 0 Å². The van der Waals surface area contributed by atoms with Crippen LogP contribution in [0.5, 0.6) is 0 Å². The smallest absolute Gasteiger partial charge is 0.315 e. The van der Waals surface area contributed by atoms with Gasteiger partial charge in [0.15, 0.2) is 11.6 Å². The van der Waals surface area contributed by atoms with Crippen LogP contribution in [0, 0.1) is 11.6 Å². The minimum absolute atomic E-state index is 0.170. The first-order valence-electron chi connectivity index (χ1n) is 4.17. The zero-order chi connectivity index (χ0) is 10.1. The van der Waals surface area contributed by atoms with Crippen LogP contribution in [0.2, 0.25) is 0 Å². The van der Waals surface area contributed by atoms with Gasteiger partial charge in [0.2, 0.25) is 0 Å². The lowest BCUT2D eigenvalue weighted by molar-refractivity contribution is 0.247. The Labute approximate surface area is 79.1 Å². The molecule has 0 spiro atoms. The molecule has 0 aromatic heterocycles. The number of hydrogen-bond acceptors (Lipinski definition) is 1. The maximum absolute atomic E-state index is 13.2. The lowest BCUT2D eigenvalue weighted by Crippen LogP contribution is -2.22. The quantitative estimate of drug-likeness (QED) is 0.702. The molecule has 3 nitrogen and oxygen atoms in total. The molecule has 1 fully saturated rings. The Morgan fingerprint density at radius 3 is 2.79 bits per heavy atom. The molecule has 0 aliphatic carbocycles. The van der Waals surface area contributed by atoms with Gasteiger partial charge in [0.25, 0.3) is 0 Å². The Balaban J connectivity index is 2.32. The van der Waals surface area contributed by atoms with Crippen molar-refractivity contribution >= 4 is 6.03 Å². The van der Waals surface area contributed by atoms with Crippen LogP contribution in [-0.4, -0.2) is 12.6 Å². The lowest BCUT2D eigenvalue weighted by atomic mass is 10.1. The summed E-state index contributed by atoms with van der Waals surface area (Å²) in [5.74, 6) is -1.80. The highest BCUT2D eigenvalue weighted by molar-refractivity contribution is 5.76. The monoisotopic (exact) mass is 198 g/mol. The minimum atomic E-state index is -0.901. The molecule has 0 saturated carbocycles. The van der Waals surface area contributed by atoms with Gasteiger partial charge in [-0.1, -0.05) is 12.1 Å². The van der Waals surface area contributed by atoms with Gasteiger partial charge in [0, 0.05) is 12.1 Å². The number of nitrogens with one attached hydrogen (secondary N) is 2. The molecule has 1 saturated heterocycles. The Morgan fingerprint density at radius 1 is 1.36 bits per heavy atom. The van der Waals surface area contributed by atoms with Gasteiger partial charge in [-0.25, -0.2) is 13.6 Å². The van der Waals surface area contributed by atoms with E-state index in [1.54, 1.807) is 0 Å². The lowest BCUT2D eigenvalue weighted by Gasteiger charge is -2.09. The molecule has 0 unspecified atom stereocenters. The molecule has 1 heterocycles. The van der Waals surface area contributed by atoms with E-state index >= 15 is 0 Å². The van der Waals surface area contributed by atoms with Crippen molar-refractivity contribution in [1.82, 2.24) is 10.6 Å². The molecule has 1 aromatic rings. The predicted molar refractivity (Wildman–Crippen MR) is 45.6 cm³/mol. The minimum Gasteiger partial charge on any atom is -0.336 e. The summed E-state index contributed by atoms with van der Waals surface area (Å²) in [6, 6.07) is 3.06. The van der Waals surface area contributed by atoms with E-state index in [9.17, 15) is 13.6 Å².